The number of benzene rings is 1. The van der Waals surface area contributed by atoms with Crippen LogP contribution >= 0.6 is 27.7 Å². The van der Waals surface area contributed by atoms with Gasteiger partial charge in [-0.05, 0) is 23.1 Å². The molecule has 0 aliphatic carbocycles. The highest BCUT2D eigenvalue weighted by Crippen LogP contribution is 2.36. The lowest BCUT2D eigenvalue weighted by Crippen LogP contribution is -2.26. The number of halogens is 1. The first kappa shape index (κ1) is 10.9. The number of carbonyl (C=O) groups excluding carboxylic acids is 1. The number of amides is 1. The third kappa shape index (κ3) is 1.89. The lowest BCUT2D eigenvalue weighted by atomic mass is 10.0. The van der Waals surface area contributed by atoms with Crippen molar-refractivity contribution in [3.63, 3.8) is 0 Å². The Morgan fingerprint density at radius 1 is 1.24 bits per heavy atom. The summed E-state index contributed by atoms with van der Waals surface area (Å²) in [6.45, 7) is 0. The molecule has 1 aromatic rings. The molecule has 2 heterocycles. The molecule has 0 bridgehead atoms. The summed E-state index contributed by atoms with van der Waals surface area (Å²) in [5.41, 5.74) is 2.91. The molecule has 5 heteroatoms. The van der Waals surface area contributed by atoms with Crippen LogP contribution in [0.1, 0.15) is 5.56 Å². The van der Waals surface area contributed by atoms with Crippen molar-refractivity contribution in [3.05, 3.63) is 39.7 Å². The van der Waals surface area contributed by atoms with Crippen LogP contribution in [-0.2, 0) is 4.79 Å². The molecule has 1 amide bonds. The number of hydrogen-bond donors (Lipinski definition) is 0. The summed E-state index contributed by atoms with van der Waals surface area (Å²) in [6, 6.07) is 7.98. The van der Waals surface area contributed by atoms with Gasteiger partial charge in [0.05, 0.1) is 5.71 Å². The second-order valence-corrected chi connectivity index (χ2v) is 5.55. The first-order chi connectivity index (χ1) is 8.25. The van der Waals surface area contributed by atoms with Crippen LogP contribution in [0, 0.1) is 0 Å². The van der Waals surface area contributed by atoms with E-state index >= 15 is 0 Å². The SMILES string of the molecule is O=C1N=CN=C2C(c3ccc(Br)cc3)=CSC12. The molecule has 84 valence electrons. The van der Waals surface area contributed by atoms with Crippen molar-refractivity contribution in [3.8, 4) is 0 Å². The van der Waals surface area contributed by atoms with Gasteiger partial charge in [-0.2, -0.15) is 0 Å². The van der Waals surface area contributed by atoms with Crippen LogP contribution in [0.25, 0.3) is 5.57 Å². The summed E-state index contributed by atoms with van der Waals surface area (Å²) in [4.78, 5) is 19.5. The molecule has 0 aromatic heterocycles. The van der Waals surface area contributed by atoms with E-state index in [1.165, 1.54) is 18.1 Å². The third-order valence-electron chi connectivity index (χ3n) is 2.61. The first-order valence-corrected chi connectivity index (χ1v) is 6.75. The molecule has 0 fully saturated rings. The molecule has 0 saturated heterocycles. The Bertz CT molecular complexity index is 575. The Labute approximate surface area is 111 Å². The molecule has 0 spiro atoms. The Morgan fingerprint density at radius 2 is 2.00 bits per heavy atom. The normalized spacial score (nSPS) is 22.2. The zero-order valence-electron chi connectivity index (χ0n) is 8.63. The summed E-state index contributed by atoms with van der Waals surface area (Å²) in [5.74, 6) is -0.122. The maximum Gasteiger partial charge on any atom is 0.266 e. The first-order valence-electron chi connectivity index (χ1n) is 5.02. The summed E-state index contributed by atoms with van der Waals surface area (Å²) < 4.78 is 1.03. The van der Waals surface area contributed by atoms with Gasteiger partial charge in [0.1, 0.15) is 11.6 Å². The van der Waals surface area contributed by atoms with E-state index < -0.39 is 0 Å². The second-order valence-electron chi connectivity index (χ2n) is 3.65. The molecule has 1 unspecified atom stereocenters. The molecule has 0 saturated carbocycles. The third-order valence-corrected chi connectivity index (χ3v) is 4.21. The monoisotopic (exact) mass is 306 g/mol. The van der Waals surface area contributed by atoms with Crippen LogP contribution < -0.4 is 0 Å². The van der Waals surface area contributed by atoms with Crippen LogP contribution in [0.4, 0.5) is 0 Å². The van der Waals surface area contributed by atoms with Crippen LogP contribution in [0.2, 0.25) is 0 Å². The maximum atomic E-state index is 11.6. The molecule has 2 aliphatic heterocycles. The fourth-order valence-electron chi connectivity index (χ4n) is 1.78. The van der Waals surface area contributed by atoms with Crippen LogP contribution in [0.5, 0.6) is 0 Å². The minimum Gasteiger partial charge on any atom is -0.271 e. The number of rotatable bonds is 1. The molecule has 1 atom stereocenters. The van der Waals surface area contributed by atoms with Crippen molar-refractivity contribution in [2.75, 3.05) is 0 Å². The number of allylic oxidation sites excluding steroid dienone is 1. The Balaban J connectivity index is 2.00. The van der Waals surface area contributed by atoms with Gasteiger partial charge in [-0.3, -0.25) is 4.79 Å². The van der Waals surface area contributed by atoms with Crippen molar-refractivity contribution in [1.82, 2.24) is 0 Å². The number of hydrogen-bond acceptors (Lipinski definition) is 3. The van der Waals surface area contributed by atoms with E-state index in [-0.39, 0.29) is 11.2 Å². The fourth-order valence-corrected chi connectivity index (χ4v) is 3.06. The van der Waals surface area contributed by atoms with E-state index in [4.69, 9.17) is 0 Å². The van der Waals surface area contributed by atoms with E-state index in [0.717, 1.165) is 21.3 Å². The highest BCUT2D eigenvalue weighted by atomic mass is 79.9. The number of aliphatic imine (C=N–C) groups is 2. The molecular formula is C12H7BrN2OS. The highest BCUT2D eigenvalue weighted by molar-refractivity contribution is 9.10. The molecule has 0 N–H and O–H groups in total. The van der Waals surface area contributed by atoms with Gasteiger partial charge in [0.2, 0.25) is 0 Å². The predicted molar refractivity (Wildman–Crippen MR) is 74.4 cm³/mol. The molecule has 3 nitrogen and oxygen atoms in total. The maximum absolute atomic E-state index is 11.6. The molecule has 17 heavy (non-hydrogen) atoms. The summed E-state index contributed by atoms with van der Waals surface area (Å²) in [5, 5.41) is 1.73. The molecule has 1 aromatic carbocycles. The lowest BCUT2D eigenvalue weighted by molar-refractivity contribution is -0.116. The Hall–Kier alpha value is -1.20. The van der Waals surface area contributed by atoms with E-state index in [0.29, 0.717) is 0 Å². The summed E-state index contributed by atoms with van der Waals surface area (Å²) >= 11 is 4.88. The topological polar surface area (TPSA) is 41.8 Å². The van der Waals surface area contributed by atoms with Crippen molar-refractivity contribution in [1.29, 1.82) is 0 Å². The number of fused-ring (bicyclic) bond motifs is 1. The van der Waals surface area contributed by atoms with E-state index in [2.05, 4.69) is 25.9 Å². The van der Waals surface area contributed by atoms with Gasteiger partial charge in [-0.1, -0.05) is 28.1 Å². The van der Waals surface area contributed by atoms with Gasteiger partial charge >= 0.3 is 0 Å². The van der Waals surface area contributed by atoms with Crippen molar-refractivity contribution in [2.24, 2.45) is 9.98 Å². The van der Waals surface area contributed by atoms with Crippen molar-refractivity contribution >= 4 is 51.2 Å². The smallest absolute Gasteiger partial charge is 0.266 e. The Kier molecular flexibility index (Phi) is 2.72. The van der Waals surface area contributed by atoms with Crippen LogP contribution in [0.15, 0.2) is 44.1 Å². The fraction of sp³-hybridized carbons (Fsp3) is 0.0833. The molecule has 3 rings (SSSR count). The zero-order valence-corrected chi connectivity index (χ0v) is 11.0. The Morgan fingerprint density at radius 3 is 2.76 bits per heavy atom. The van der Waals surface area contributed by atoms with Gasteiger partial charge in [-0.25, -0.2) is 9.98 Å². The number of nitrogens with zero attached hydrogens (tertiary/aromatic N) is 2. The number of thioether (sulfide) groups is 1. The molecular weight excluding hydrogens is 300 g/mol. The van der Waals surface area contributed by atoms with Crippen molar-refractivity contribution < 1.29 is 4.79 Å². The highest BCUT2D eigenvalue weighted by Gasteiger charge is 2.33. The largest absolute Gasteiger partial charge is 0.271 e. The zero-order chi connectivity index (χ0) is 11.8. The molecule has 0 radical (unpaired) electrons. The quantitative estimate of drug-likeness (QED) is 0.800. The standard InChI is InChI=1S/C12H7BrN2OS/c13-8-3-1-7(2-4-8)9-5-17-11-10(9)14-6-15-12(11)16/h1-6,11H. The van der Waals surface area contributed by atoms with E-state index in [1.807, 2.05) is 29.7 Å². The van der Waals surface area contributed by atoms with E-state index in [9.17, 15) is 4.79 Å². The average molecular weight is 307 g/mol. The van der Waals surface area contributed by atoms with Gasteiger partial charge in [0.15, 0.2) is 0 Å². The van der Waals surface area contributed by atoms with Crippen molar-refractivity contribution in [2.45, 2.75) is 5.25 Å². The lowest BCUT2D eigenvalue weighted by Gasteiger charge is -2.11. The minimum absolute atomic E-state index is 0.122. The second kappa shape index (κ2) is 4.23. The minimum atomic E-state index is -0.251. The predicted octanol–water partition coefficient (Wildman–Crippen LogP) is 2.91. The summed E-state index contributed by atoms with van der Waals surface area (Å²) in [7, 11) is 0. The van der Waals surface area contributed by atoms with Gasteiger partial charge < -0.3 is 0 Å². The van der Waals surface area contributed by atoms with Gasteiger partial charge in [0.25, 0.3) is 5.91 Å². The van der Waals surface area contributed by atoms with Gasteiger partial charge in [0, 0.05) is 10.0 Å². The summed E-state index contributed by atoms with van der Waals surface area (Å²) in [6.07, 6.45) is 1.34. The van der Waals surface area contributed by atoms with E-state index in [1.54, 1.807) is 0 Å². The van der Waals surface area contributed by atoms with Gasteiger partial charge in [-0.15, -0.1) is 11.8 Å². The molecule has 2 aliphatic rings. The van der Waals surface area contributed by atoms with Crippen LogP contribution in [-0.4, -0.2) is 23.2 Å². The average Bonchev–Trinajstić information content (AvgIpc) is 2.75. The number of carbonyl (C=O) groups is 1. The van der Waals surface area contributed by atoms with Crippen LogP contribution in [0.3, 0.4) is 0 Å².